The summed E-state index contributed by atoms with van der Waals surface area (Å²) in [7, 11) is 2.04. The highest BCUT2D eigenvalue weighted by Gasteiger charge is 2.78. The second-order valence-corrected chi connectivity index (χ2v) is 31.7. The first-order chi connectivity index (χ1) is 39.5. The van der Waals surface area contributed by atoms with Crippen LogP contribution in [-0.2, 0) is 42.4 Å². The number of rotatable bonds is 9. The van der Waals surface area contributed by atoms with Gasteiger partial charge in [-0.2, -0.15) is 0 Å². The molecule has 11 aliphatic rings. The first kappa shape index (κ1) is 57.3. The molecule has 14 rings (SSSR count). The van der Waals surface area contributed by atoms with Crippen molar-refractivity contribution in [1.82, 2.24) is 14.9 Å². The van der Waals surface area contributed by atoms with E-state index in [4.69, 9.17) is 9.47 Å². The van der Waals surface area contributed by atoms with Gasteiger partial charge in [0.05, 0.1) is 58.7 Å². The third-order valence-corrected chi connectivity index (χ3v) is 27.2. The quantitative estimate of drug-likeness (QED) is 0.0889. The Hall–Kier alpha value is -3.49. The summed E-state index contributed by atoms with van der Waals surface area (Å²) >= 11 is 0. The van der Waals surface area contributed by atoms with E-state index in [2.05, 4.69) is 73.2 Å². The van der Waals surface area contributed by atoms with E-state index in [-0.39, 0.29) is 35.4 Å². The summed E-state index contributed by atoms with van der Waals surface area (Å²) in [4.78, 5) is 49.5. The van der Waals surface area contributed by atoms with E-state index in [0.717, 1.165) is 147 Å². The summed E-state index contributed by atoms with van der Waals surface area (Å²) in [6, 6.07) is 6.94. The number of Topliss-reactive ketones (excluding diaryl/α,β-unsaturated/α-hetero) is 2. The number of nitrogens with one attached hydrogen (secondary N) is 2. The van der Waals surface area contributed by atoms with Gasteiger partial charge in [0.15, 0.2) is 5.78 Å². The zero-order chi connectivity index (χ0) is 58.1. The Morgan fingerprint density at radius 1 is 0.855 bits per heavy atom. The second-order valence-electron chi connectivity index (χ2n) is 31.7. The molecule has 83 heavy (non-hydrogen) atoms. The van der Waals surface area contributed by atoms with E-state index in [1.807, 2.05) is 20.9 Å². The van der Waals surface area contributed by atoms with Gasteiger partial charge in [-0.05, 0) is 184 Å². The van der Waals surface area contributed by atoms with Crippen LogP contribution in [0.25, 0.3) is 11.0 Å². The predicted molar refractivity (Wildman–Crippen MR) is 320 cm³/mol. The molecule has 0 bridgehead atoms. The van der Waals surface area contributed by atoms with E-state index in [1.54, 1.807) is 0 Å². The molecule has 0 unspecified atom stereocenters. The normalized spacial score (nSPS) is 42.9. The van der Waals surface area contributed by atoms with Crippen molar-refractivity contribution in [2.24, 2.45) is 50.2 Å². The van der Waals surface area contributed by atoms with Gasteiger partial charge >= 0.3 is 0 Å². The maximum Gasteiger partial charge on any atom is 0.160 e. The number of hydrogen-bond donors (Lipinski definition) is 6. The number of fused-ring (bicyclic) bond motifs is 6. The number of carbonyl (C=O) groups is 3. The summed E-state index contributed by atoms with van der Waals surface area (Å²) in [5.41, 5.74) is 3.14. The number of carbonyl (C=O) groups excluding carboxylic acids is 3. The third kappa shape index (κ3) is 8.36. The molecular weight excluding hydrogens is 1040 g/mol. The molecule has 0 radical (unpaired) electrons. The van der Waals surface area contributed by atoms with Gasteiger partial charge in [0, 0.05) is 78.5 Å². The first-order valence-electron chi connectivity index (χ1n) is 33.4. The van der Waals surface area contributed by atoms with Crippen molar-refractivity contribution in [2.45, 2.75) is 274 Å². The molecule has 2 saturated heterocycles. The lowest BCUT2D eigenvalue weighted by molar-refractivity contribution is -0.267. The van der Waals surface area contributed by atoms with Crippen LogP contribution >= 0.6 is 0 Å². The highest BCUT2D eigenvalue weighted by molar-refractivity contribution is 6.02. The number of hydrogen-bond acceptors (Lipinski definition) is 10. The van der Waals surface area contributed by atoms with Crippen LogP contribution in [0.2, 0.25) is 0 Å². The molecule has 1 aromatic carbocycles. The van der Waals surface area contributed by atoms with Crippen LogP contribution in [0, 0.1) is 50.2 Å². The number of ketones is 2. The Morgan fingerprint density at radius 3 is 2.33 bits per heavy atom. The standard InChI is InChI=1S/C71H99N3O9/c1-63(2)62(83-63)53(78)34-64(3)24-18-43-37-73-58-49(51(40-75)45-29-44(42-15-10-8-11-16-42)30-46(31-45)71(81)27-28-82-69(41-71)21-12-9-13-22-69)38-74(59(43)58)39-50-56-57(64)52(77)35-66(56,5)65(4)25-20-54-67(6,61(65)60(50)80)68(26-19-48(76)33-68)36-55(79)70(54)23-14-17-47(32-70)72-7/h29-31,37-38,40,42,47-48,50-51,53-54,60-62,72-73,76,78,80-81H,8-28,32-36,39,41H2,1-7H3/t47-,48+,50-,51+,53+,54+,60+,61-,62+,64-,65-,66-,67+,68+,70-,71-/m0/s1. The van der Waals surface area contributed by atoms with Gasteiger partial charge in [0.25, 0.3) is 0 Å². The highest BCUT2D eigenvalue weighted by Crippen LogP contribution is 2.81. The van der Waals surface area contributed by atoms with E-state index >= 15 is 9.59 Å². The number of aliphatic hydroxyl groups excluding tert-OH is 3. The molecule has 8 aliphatic carbocycles. The lowest BCUT2D eigenvalue weighted by atomic mass is 9.29. The fraction of sp³-hybridized carbons (Fsp3) is 0.761. The van der Waals surface area contributed by atoms with Gasteiger partial charge in [-0.3, -0.25) is 9.59 Å². The van der Waals surface area contributed by atoms with Crippen molar-refractivity contribution in [3.8, 4) is 0 Å². The number of H-pyrrole nitrogens is 1. The molecule has 452 valence electrons. The molecule has 7 saturated carbocycles. The highest BCUT2D eigenvalue weighted by atomic mass is 16.6. The molecule has 3 aromatic rings. The van der Waals surface area contributed by atoms with Gasteiger partial charge in [0.1, 0.15) is 18.2 Å². The monoisotopic (exact) mass is 1140 g/mol. The smallest absolute Gasteiger partial charge is 0.160 e. The minimum absolute atomic E-state index is 0.00542. The SMILES string of the molecule is CN[C@H]1CCC[C@@]2(C1)C(=O)C[C@]1(CC[C@@H](O)C1)[C@@]1(C)[C@H]3[C@H](O)[C@H]4Cn5cc([C@H](C=O)c6cc(C7CCCCC7)cc([C@]7(O)CCOC8(CCCCC8)C7)c6)c6[nH]cc(c65)CC[C@@](C)(C[C@@H](O)[C@H]5OC5(C)C)C5=C4[C@](C)(CC5=O)[C@@]3(C)CC[C@@H]21. The number of allylic oxidation sites excluding steroid dienone is 1. The molecule has 5 heterocycles. The van der Waals surface area contributed by atoms with E-state index in [9.17, 15) is 25.2 Å². The molecule has 6 N–H and O–H groups in total. The van der Waals surface area contributed by atoms with Gasteiger partial charge in [-0.25, -0.2) is 0 Å². The van der Waals surface area contributed by atoms with Crippen LogP contribution in [0.5, 0.6) is 0 Å². The number of aromatic amines is 1. The zero-order valence-corrected chi connectivity index (χ0v) is 51.3. The largest absolute Gasteiger partial charge is 0.393 e. The molecule has 3 spiro atoms. The van der Waals surface area contributed by atoms with Gasteiger partial charge in [-0.1, -0.05) is 90.8 Å². The molecular formula is C71H99N3O9. The number of epoxide rings is 1. The number of benzene rings is 1. The second kappa shape index (κ2) is 19.8. The summed E-state index contributed by atoms with van der Waals surface area (Å²) in [5.74, 6) is -0.686. The van der Waals surface area contributed by atoms with Crippen molar-refractivity contribution in [3.63, 3.8) is 0 Å². The molecule has 3 aliphatic heterocycles. The van der Waals surface area contributed by atoms with Crippen LogP contribution < -0.4 is 5.32 Å². The average molecular weight is 1140 g/mol. The Balaban J connectivity index is 0.940. The number of aromatic nitrogens is 2. The van der Waals surface area contributed by atoms with Crippen molar-refractivity contribution in [1.29, 1.82) is 0 Å². The minimum atomic E-state index is -1.09. The summed E-state index contributed by atoms with van der Waals surface area (Å²) in [5, 5.41) is 55.3. The van der Waals surface area contributed by atoms with E-state index in [0.29, 0.717) is 82.6 Å². The van der Waals surface area contributed by atoms with E-state index in [1.165, 1.54) is 18.4 Å². The van der Waals surface area contributed by atoms with Crippen molar-refractivity contribution < 1.29 is 44.3 Å². The lowest BCUT2D eigenvalue weighted by Gasteiger charge is -2.75. The number of aryl methyl sites for hydroxylation is 1. The number of nitrogens with zero attached hydrogens (tertiary/aromatic N) is 1. The van der Waals surface area contributed by atoms with Gasteiger partial charge in [-0.15, -0.1) is 0 Å². The fourth-order valence-electron chi connectivity index (χ4n) is 22.9. The maximum absolute atomic E-state index is 15.9. The van der Waals surface area contributed by atoms with Crippen molar-refractivity contribution >= 4 is 28.9 Å². The Labute approximate surface area is 493 Å². The zero-order valence-electron chi connectivity index (χ0n) is 51.3. The predicted octanol–water partition coefficient (Wildman–Crippen LogP) is 11.9. The molecule has 2 aromatic heterocycles. The molecule has 0 amide bonds. The summed E-state index contributed by atoms with van der Waals surface area (Å²) < 4.78 is 15.1. The van der Waals surface area contributed by atoms with E-state index < -0.39 is 73.8 Å². The van der Waals surface area contributed by atoms with Gasteiger partial charge in [0.2, 0.25) is 0 Å². The van der Waals surface area contributed by atoms with Crippen LogP contribution in [0.3, 0.4) is 0 Å². The average Bonchev–Trinajstić information content (AvgIpc) is 1.72. The molecule has 12 nitrogen and oxygen atoms in total. The third-order valence-electron chi connectivity index (χ3n) is 27.2. The van der Waals surface area contributed by atoms with Crippen LogP contribution in [0.1, 0.15) is 242 Å². The summed E-state index contributed by atoms with van der Waals surface area (Å²) in [6.45, 7) is 14.3. The Bertz CT molecular complexity index is 3120. The Kier molecular flexibility index (Phi) is 13.6. The topological polar surface area (TPSA) is 187 Å². The number of ether oxygens (including phenoxy) is 2. The van der Waals surface area contributed by atoms with Crippen molar-refractivity contribution in [2.75, 3.05) is 13.7 Å². The lowest BCUT2D eigenvalue weighted by Crippen LogP contribution is -2.73. The maximum atomic E-state index is 15.9. The molecule has 12 heteroatoms. The number of aldehydes is 1. The summed E-state index contributed by atoms with van der Waals surface area (Å²) in [6.07, 6.45) is 24.3. The van der Waals surface area contributed by atoms with Crippen LogP contribution in [0.4, 0.5) is 0 Å². The first-order valence-corrected chi connectivity index (χ1v) is 33.4. The Morgan fingerprint density at radius 2 is 1.61 bits per heavy atom. The minimum Gasteiger partial charge on any atom is -0.393 e. The van der Waals surface area contributed by atoms with Crippen molar-refractivity contribution in [3.05, 3.63) is 69.6 Å². The fourth-order valence-corrected chi connectivity index (χ4v) is 22.9. The number of aliphatic hydroxyl groups is 4. The molecule has 9 fully saturated rings. The van der Waals surface area contributed by atoms with Gasteiger partial charge < -0.3 is 49.6 Å². The van der Waals surface area contributed by atoms with Crippen LogP contribution in [0.15, 0.2) is 41.7 Å². The molecule has 16 atom stereocenters. The van der Waals surface area contributed by atoms with Crippen LogP contribution in [-0.4, -0.2) is 103 Å².